The van der Waals surface area contributed by atoms with Crippen LogP contribution in [0.3, 0.4) is 0 Å². The quantitative estimate of drug-likeness (QED) is 0.812. The highest BCUT2D eigenvalue weighted by Crippen LogP contribution is 2.27. The minimum atomic E-state index is -3.06. The van der Waals surface area contributed by atoms with Gasteiger partial charge in [0.05, 0.1) is 10.6 Å². The molecule has 0 aromatic heterocycles. The van der Waals surface area contributed by atoms with E-state index in [0.29, 0.717) is 10.6 Å². The van der Waals surface area contributed by atoms with Gasteiger partial charge in [0.25, 0.3) is 0 Å². The molecule has 0 unspecified atom stereocenters. The summed E-state index contributed by atoms with van der Waals surface area (Å²) in [5.41, 5.74) is 0. The first-order chi connectivity index (χ1) is 8.68. The highest BCUT2D eigenvalue weighted by Gasteiger charge is 2.17. The molecule has 0 saturated heterocycles. The smallest absolute Gasteiger partial charge is 0.178 e. The fourth-order valence-electron chi connectivity index (χ4n) is 2.78. The van der Waals surface area contributed by atoms with Crippen LogP contribution in [0.4, 0.5) is 0 Å². The fourth-order valence-corrected chi connectivity index (χ4v) is 4.14. The van der Waals surface area contributed by atoms with E-state index in [9.17, 15) is 8.42 Å². The fraction of sp³-hybridized carbons (Fsp3) is 0.600. The maximum absolute atomic E-state index is 12.1. The first-order valence-corrected chi connectivity index (χ1v) is 8.61. The molecule has 1 saturated carbocycles. The second-order valence-corrected chi connectivity index (χ2v) is 7.39. The lowest BCUT2D eigenvalue weighted by Gasteiger charge is -2.21. The third-order valence-electron chi connectivity index (χ3n) is 3.85. The first-order valence-electron chi connectivity index (χ1n) is 6.96. The number of sulfone groups is 1. The van der Waals surface area contributed by atoms with E-state index in [4.69, 9.17) is 0 Å². The van der Waals surface area contributed by atoms with Crippen LogP contribution < -0.4 is 0 Å². The third-order valence-corrected chi connectivity index (χ3v) is 5.67. The Kier molecular flexibility index (Phi) is 4.81. The Morgan fingerprint density at radius 2 is 1.67 bits per heavy atom. The summed E-state index contributed by atoms with van der Waals surface area (Å²) < 4.78 is 24.1. The van der Waals surface area contributed by atoms with E-state index in [2.05, 4.69) is 0 Å². The Hall–Kier alpha value is -0.830. The monoisotopic (exact) mass is 266 g/mol. The topological polar surface area (TPSA) is 34.1 Å². The number of benzene rings is 1. The zero-order chi connectivity index (χ0) is 12.8. The molecule has 3 heteroatoms. The molecule has 100 valence electrons. The van der Waals surface area contributed by atoms with E-state index in [-0.39, 0.29) is 0 Å². The number of hydrogen-bond acceptors (Lipinski definition) is 2. The van der Waals surface area contributed by atoms with Crippen molar-refractivity contribution < 1.29 is 8.42 Å². The molecule has 1 aliphatic carbocycles. The molecule has 0 N–H and O–H groups in total. The minimum absolute atomic E-state index is 0.299. The molecule has 18 heavy (non-hydrogen) atoms. The summed E-state index contributed by atoms with van der Waals surface area (Å²) in [6, 6.07) is 8.80. The van der Waals surface area contributed by atoms with Crippen molar-refractivity contribution in [1.82, 2.24) is 0 Å². The second-order valence-electron chi connectivity index (χ2n) is 5.28. The average Bonchev–Trinajstić information content (AvgIpc) is 2.41. The molecule has 0 amide bonds. The van der Waals surface area contributed by atoms with E-state index in [0.717, 1.165) is 18.8 Å². The predicted octanol–water partition coefficient (Wildman–Crippen LogP) is 3.82. The van der Waals surface area contributed by atoms with Gasteiger partial charge in [-0.1, -0.05) is 50.3 Å². The van der Waals surface area contributed by atoms with Crippen molar-refractivity contribution in [3.63, 3.8) is 0 Å². The highest BCUT2D eigenvalue weighted by molar-refractivity contribution is 7.91. The van der Waals surface area contributed by atoms with Crippen molar-refractivity contribution in [2.45, 2.75) is 49.8 Å². The Morgan fingerprint density at radius 3 is 2.33 bits per heavy atom. The molecule has 0 bridgehead atoms. The van der Waals surface area contributed by atoms with Gasteiger partial charge in [-0.3, -0.25) is 0 Å². The minimum Gasteiger partial charge on any atom is -0.224 e. The Morgan fingerprint density at radius 1 is 1.00 bits per heavy atom. The average molecular weight is 266 g/mol. The van der Waals surface area contributed by atoms with Crippen LogP contribution in [0.15, 0.2) is 35.2 Å². The van der Waals surface area contributed by atoms with Gasteiger partial charge in [0.15, 0.2) is 9.84 Å². The number of hydrogen-bond donors (Lipinski definition) is 0. The molecule has 0 aliphatic heterocycles. The summed E-state index contributed by atoms with van der Waals surface area (Å²) >= 11 is 0. The van der Waals surface area contributed by atoms with E-state index in [1.807, 2.05) is 6.07 Å². The van der Waals surface area contributed by atoms with E-state index >= 15 is 0 Å². The standard InChI is InChI=1S/C15H22O2S/c16-18(17,15-11-5-2-6-12-15)13-7-10-14-8-3-1-4-9-14/h2,5-6,11-12,14H,1,3-4,7-10,13H2. The van der Waals surface area contributed by atoms with Crippen LogP contribution in [-0.4, -0.2) is 14.2 Å². The van der Waals surface area contributed by atoms with Gasteiger partial charge in [-0.05, 0) is 30.9 Å². The largest absolute Gasteiger partial charge is 0.224 e. The summed E-state index contributed by atoms with van der Waals surface area (Å²) in [6.07, 6.45) is 8.50. The van der Waals surface area contributed by atoms with Crippen LogP contribution in [-0.2, 0) is 9.84 Å². The van der Waals surface area contributed by atoms with Crippen LogP contribution in [0.1, 0.15) is 44.9 Å². The van der Waals surface area contributed by atoms with Crippen molar-refractivity contribution in [2.75, 3.05) is 5.75 Å². The van der Waals surface area contributed by atoms with Gasteiger partial charge in [0.1, 0.15) is 0 Å². The van der Waals surface area contributed by atoms with Gasteiger partial charge < -0.3 is 0 Å². The number of rotatable bonds is 5. The van der Waals surface area contributed by atoms with Crippen LogP contribution in [0.5, 0.6) is 0 Å². The molecule has 0 spiro atoms. The molecular formula is C15H22O2S. The molecule has 1 aliphatic rings. The molecule has 2 rings (SSSR count). The zero-order valence-corrected chi connectivity index (χ0v) is 11.7. The third kappa shape index (κ3) is 3.84. The summed E-state index contributed by atoms with van der Waals surface area (Å²) in [6.45, 7) is 0. The highest BCUT2D eigenvalue weighted by atomic mass is 32.2. The maximum Gasteiger partial charge on any atom is 0.178 e. The summed E-state index contributed by atoms with van der Waals surface area (Å²) in [4.78, 5) is 0.466. The maximum atomic E-state index is 12.1. The van der Waals surface area contributed by atoms with Gasteiger partial charge in [0.2, 0.25) is 0 Å². The van der Waals surface area contributed by atoms with Crippen LogP contribution in [0, 0.1) is 5.92 Å². The van der Waals surface area contributed by atoms with Gasteiger partial charge in [-0.25, -0.2) is 8.42 Å². The molecule has 1 aromatic rings. The Balaban J connectivity index is 1.82. The molecular weight excluding hydrogens is 244 g/mol. The van der Waals surface area contributed by atoms with Crippen LogP contribution in [0.25, 0.3) is 0 Å². The lowest BCUT2D eigenvalue weighted by atomic mass is 9.86. The normalized spacial score (nSPS) is 17.8. The summed E-state index contributed by atoms with van der Waals surface area (Å²) in [7, 11) is -3.06. The molecule has 2 nitrogen and oxygen atoms in total. The van der Waals surface area contributed by atoms with E-state index < -0.39 is 9.84 Å². The van der Waals surface area contributed by atoms with Gasteiger partial charge in [-0.2, -0.15) is 0 Å². The molecule has 0 radical (unpaired) electrons. The summed E-state index contributed by atoms with van der Waals surface area (Å²) in [5, 5.41) is 0. The molecule has 1 fully saturated rings. The van der Waals surface area contributed by atoms with Gasteiger partial charge in [0, 0.05) is 0 Å². The van der Waals surface area contributed by atoms with Crippen molar-refractivity contribution in [3.8, 4) is 0 Å². The van der Waals surface area contributed by atoms with Crippen LogP contribution >= 0.6 is 0 Å². The summed E-state index contributed by atoms with van der Waals surface area (Å²) in [5.74, 6) is 1.07. The molecule has 0 heterocycles. The lowest BCUT2D eigenvalue weighted by Crippen LogP contribution is -2.11. The van der Waals surface area contributed by atoms with Crippen molar-refractivity contribution in [3.05, 3.63) is 30.3 Å². The van der Waals surface area contributed by atoms with E-state index in [1.165, 1.54) is 32.1 Å². The van der Waals surface area contributed by atoms with E-state index in [1.54, 1.807) is 24.3 Å². The van der Waals surface area contributed by atoms with Crippen LogP contribution in [0.2, 0.25) is 0 Å². The van der Waals surface area contributed by atoms with Crippen molar-refractivity contribution in [2.24, 2.45) is 5.92 Å². The first kappa shape index (κ1) is 13.6. The second kappa shape index (κ2) is 6.37. The predicted molar refractivity (Wildman–Crippen MR) is 74.3 cm³/mol. The molecule has 0 atom stereocenters. The van der Waals surface area contributed by atoms with Gasteiger partial charge in [-0.15, -0.1) is 0 Å². The Bertz CT molecular complexity index is 445. The molecule has 1 aromatic carbocycles. The van der Waals surface area contributed by atoms with Gasteiger partial charge >= 0.3 is 0 Å². The zero-order valence-electron chi connectivity index (χ0n) is 10.8. The van der Waals surface area contributed by atoms with Crippen molar-refractivity contribution in [1.29, 1.82) is 0 Å². The Labute approximate surface area is 110 Å². The lowest BCUT2D eigenvalue weighted by molar-refractivity contribution is 0.337. The SMILES string of the molecule is O=S(=O)(CCCC1CCCCC1)c1ccccc1. The van der Waals surface area contributed by atoms with Crippen molar-refractivity contribution >= 4 is 9.84 Å².